The number of nitrogens with zero attached hydrogens (tertiary/aromatic N) is 1. The molecule has 7 heteroatoms. The van der Waals surface area contributed by atoms with Crippen molar-refractivity contribution in [1.29, 1.82) is 0 Å². The Morgan fingerprint density at radius 2 is 1.96 bits per heavy atom. The fourth-order valence-corrected chi connectivity index (χ4v) is 4.58. The topological polar surface area (TPSA) is 75.7 Å². The summed E-state index contributed by atoms with van der Waals surface area (Å²) >= 11 is 0. The molecule has 0 aromatic heterocycles. The molecule has 1 N–H and O–H groups in total. The summed E-state index contributed by atoms with van der Waals surface area (Å²) < 4.78 is 32.2. The number of hydrogen-bond acceptors (Lipinski definition) is 4. The molecule has 1 aliphatic heterocycles. The first-order valence-corrected chi connectivity index (χ1v) is 11.0. The number of anilines is 1. The van der Waals surface area contributed by atoms with Crippen molar-refractivity contribution in [2.24, 2.45) is 0 Å². The smallest absolute Gasteiger partial charge is 0.263 e. The molecular weight excluding hydrogens is 376 g/mol. The van der Waals surface area contributed by atoms with Gasteiger partial charge in [0.2, 0.25) is 10.0 Å². The summed E-state index contributed by atoms with van der Waals surface area (Å²) in [5, 5.41) is 2.96. The Morgan fingerprint density at radius 3 is 2.64 bits per heavy atom. The van der Waals surface area contributed by atoms with E-state index in [0.717, 1.165) is 16.7 Å². The molecule has 0 aliphatic carbocycles. The number of hydrogen-bond donors (Lipinski definition) is 1. The molecule has 1 heterocycles. The minimum atomic E-state index is -3.52. The summed E-state index contributed by atoms with van der Waals surface area (Å²) in [6, 6.07) is 12.7. The number of carbonyl (C=O) groups excluding carboxylic acids is 1. The standard InChI is InChI=1S/C21H26N2O4S/c1-5-28(25,26)23-13-20(27-19-9-7-6-8-18(19)23)21(24)22-16(4)17-11-10-14(2)12-15(17)3/h6-12,16,20H,5,13H2,1-4H3,(H,22,24)/t16-,20-/m0/s1. The van der Waals surface area contributed by atoms with Crippen LogP contribution in [0.3, 0.4) is 0 Å². The van der Waals surface area contributed by atoms with E-state index in [9.17, 15) is 13.2 Å². The Labute approximate surface area is 166 Å². The second-order valence-corrected chi connectivity index (χ2v) is 9.28. The quantitative estimate of drug-likeness (QED) is 0.834. The number of amides is 1. The maximum Gasteiger partial charge on any atom is 0.263 e. The van der Waals surface area contributed by atoms with Crippen molar-refractivity contribution in [1.82, 2.24) is 5.32 Å². The fraction of sp³-hybridized carbons (Fsp3) is 0.381. The summed E-state index contributed by atoms with van der Waals surface area (Å²) in [5.74, 6) is 0.0117. The van der Waals surface area contributed by atoms with Gasteiger partial charge < -0.3 is 10.1 Å². The molecule has 0 saturated heterocycles. The molecule has 0 unspecified atom stereocenters. The molecule has 28 heavy (non-hydrogen) atoms. The molecule has 2 aromatic carbocycles. The minimum absolute atomic E-state index is 0.0430. The fourth-order valence-electron chi connectivity index (χ4n) is 3.45. The lowest BCUT2D eigenvalue weighted by atomic mass is 10.00. The van der Waals surface area contributed by atoms with Crippen LogP contribution in [0.15, 0.2) is 42.5 Å². The Morgan fingerprint density at radius 1 is 1.25 bits per heavy atom. The molecule has 6 nitrogen and oxygen atoms in total. The highest BCUT2D eigenvalue weighted by Gasteiger charge is 2.36. The molecule has 0 saturated carbocycles. The number of aryl methyl sites for hydroxylation is 2. The van der Waals surface area contributed by atoms with Gasteiger partial charge in [-0.25, -0.2) is 8.42 Å². The van der Waals surface area contributed by atoms with Gasteiger partial charge in [-0.1, -0.05) is 35.9 Å². The van der Waals surface area contributed by atoms with E-state index in [1.54, 1.807) is 31.2 Å². The molecule has 2 aromatic rings. The van der Waals surface area contributed by atoms with Gasteiger partial charge in [0, 0.05) is 0 Å². The molecule has 1 amide bonds. The minimum Gasteiger partial charge on any atom is -0.476 e. The first-order valence-electron chi connectivity index (χ1n) is 9.36. The second kappa shape index (κ2) is 7.83. The predicted octanol–water partition coefficient (Wildman–Crippen LogP) is 3.10. The second-order valence-electron chi connectivity index (χ2n) is 7.10. The van der Waals surface area contributed by atoms with Gasteiger partial charge in [-0.2, -0.15) is 0 Å². The van der Waals surface area contributed by atoms with Gasteiger partial charge in [0.05, 0.1) is 24.0 Å². The Balaban J connectivity index is 1.82. The number of sulfonamides is 1. The third-order valence-corrected chi connectivity index (χ3v) is 6.73. The Hall–Kier alpha value is -2.54. The van der Waals surface area contributed by atoms with E-state index in [1.807, 2.05) is 32.9 Å². The van der Waals surface area contributed by atoms with Gasteiger partial charge in [0.1, 0.15) is 5.75 Å². The Kier molecular flexibility index (Phi) is 5.65. The van der Waals surface area contributed by atoms with Crippen LogP contribution in [0.2, 0.25) is 0 Å². The number of carbonyl (C=O) groups is 1. The van der Waals surface area contributed by atoms with Gasteiger partial charge in [-0.05, 0) is 51.0 Å². The molecule has 0 fully saturated rings. The first-order chi connectivity index (χ1) is 13.2. The zero-order chi connectivity index (χ0) is 20.5. The number of para-hydroxylation sites is 2. The van der Waals surface area contributed by atoms with Crippen molar-refractivity contribution in [2.45, 2.75) is 39.8 Å². The van der Waals surface area contributed by atoms with Crippen LogP contribution in [0.25, 0.3) is 0 Å². The monoisotopic (exact) mass is 402 g/mol. The zero-order valence-corrected chi connectivity index (χ0v) is 17.4. The highest BCUT2D eigenvalue weighted by molar-refractivity contribution is 7.92. The van der Waals surface area contributed by atoms with E-state index in [-0.39, 0.29) is 24.2 Å². The lowest BCUT2D eigenvalue weighted by Gasteiger charge is -2.35. The van der Waals surface area contributed by atoms with Crippen molar-refractivity contribution < 1.29 is 17.9 Å². The summed E-state index contributed by atoms with van der Waals surface area (Å²) in [5.41, 5.74) is 3.74. The molecular formula is C21H26N2O4S. The van der Waals surface area contributed by atoms with Gasteiger partial charge in [0.15, 0.2) is 6.10 Å². The van der Waals surface area contributed by atoms with Crippen LogP contribution < -0.4 is 14.4 Å². The molecule has 0 spiro atoms. The van der Waals surface area contributed by atoms with Crippen molar-refractivity contribution in [3.8, 4) is 5.75 Å². The number of benzene rings is 2. The van der Waals surface area contributed by atoms with E-state index in [4.69, 9.17) is 4.74 Å². The molecule has 3 rings (SSSR count). The van der Waals surface area contributed by atoms with Crippen molar-refractivity contribution in [3.05, 3.63) is 59.2 Å². The lowest BCUT2D eigenvalue weighted by molar-refractivity contribution is -0.128. The van der Waals surface area contributed by atoms with E-state index in [2.05, 4.69) is 11.4 Å². The molecule has 0 bridgehead atoms. The summed E-state index contributed by atoms with van der Waals surface area (Å²) in [6.45, 7) is 7.49. The van der Waals surface area contributed by atoms with Crippen LogP contribution in [0.1, 0.15) is 36.6 Å². The van der Waals surface area contributed by atoms with Crippen LogP contribution in [0.5, 0.6) is 5.75 Å². The van der Waals surface area contributed by atoms with Crippen LogP contribution in [-0.2, 0) is 14.8 Å². The summed E-state index contributed by atoms with van der Waals surface area (Å²) in [6.07, 6.45) is -0.913. The summed E-state index contributed by atoms with van der Waals surface area (Å²) in [4.78, 5) is 12.9. The third kappa shape index (κ3) is 3.99. The predicted molar refractivity (Wildman–Crippen MR) is 110 cm³/mol. The summed E-state index contributed by atoms with van der Waals surface area (Å²) in [7, 11) is -3.52. The third-order valence-electron chi connectivity index (χ3n) is 4.98. The highest BCUT2D eigenvalue weighted by Crippen LogP contribution is 2.35. The van der Waals surface area contributed by atoms with Crippen molar-refractivity contribution >= 4 is 21.6 Å². The van der Waals surface area contributed by atoms with Crippen LogP contribution in [0.4, 0.5) is 5.69 Å². The van der Waals surface area contributed by atoms with Crippen molar-refractivity contribution in [3.63, 3.8) is 0 Å². The highest BCUT2D eigenvalue weighted by atomic mass is 32.2. The molecule has 0 radical (unpaired) electrons. The van der Waals surface area contributed by atoms with E-state index in [1.165, 1.54) is 4.31 Å². The SMILES string of the molecule is CCS(=O)(=O)N1C[C@@H](C(=O)N[C@@H](C)c2ccc(C)cc2C)Oc2ccccc21. The molecule has 2 atom stereocenters. The normalized spacial score (nSPS) is 17.4. The molecule has 1 aliphatic rings. The van der Waals surface area contributed by atoms with Gasteiger partial charge >= 0.3 is 0 Å². The maximum absolute atomic E-state index is 12.9. The largest absolute Gasteiger partial charge is 0.476 e. The Bertz CT molecular complexity index is 988. The van der Waals surface area contributed by atoms with E-state index >= 15 is 0 Å². The zero-order valence-electron chi connectivity index (χ0n) is 16.6. The number of rotatable bonds is 5. The van der Waals surface area contributed by atoms with Crippen LogP contribution in [0, 0.1) is 13.8 Å². The van der Waals surface area contributed by atoms with Gasteiger partial charge in [-0.3, -0.25) is 9.10 Å². The lowest BCUT2D eigenvalue weighted by Crippen LogP contribution is -2.51. The van der Waals surface area contributed by atoms with Gasteiger partial charge in [-0.15, -0.1) is 0 Å². The molecule has 150 valence electrons. The van der Waals surface area contributed by atoms with Crippen LogP contribution >= 0.6 is 0 Å². The number of ether oxygens (including phenoxy) is 1. The van der Waals surface area contributed by atoms with Gasteiger partial charge in [0.25, 0.3) is 5.91 Å². The maximum atomic E-state index is 12.9. The van der Waals surface area contributed by atoms with Crippen molar-refractivity contribution in [2.75, 3.05) is 16.6 Å². The number of fused-ring (bicyclic) bond motifs is 1. The average Bonchev–Trinajstić information content (AvgIpc) is 2.66. The van der Waals surface area contributed by atoms with E-state index in [0.29, 0.717) is 11.4 Å². The van der Waals surface area contributed by atoms with Crippen LogP contribution in [-0.4, -0.2) is 32.7 Å². The first kappa shape index (κ1) is 20.2. The average molecular weight is 403 g/mol. The number of nitrogens with one attached hydrogen (secondary N) is 1. The van der Waals surface area contributed by atoms with E-state index < -0.39 is 16.1 Å².